The Labute approximate surface area is 169 Å². The molecule has 0 spiro atoms. The maximum absolute atomic E-state index is 13.1. The predicted molar refractivity (Wildman–Crippen MR) is 112 cm³/mol. The second-order valence-electron chi connectivity index (χ2n) is 9.30. The molecule has 4 aliphatic carbocycles. The van der Waals surface area contributed by atoms with Gasteiger partial charge in [0.1, 0.15) is 0 Å². The van der Waals surface area contributed by atoms with Crippen molar-refractivity contribution in [3.05, 3.63) is 38.9 Å². The normalized spacial score (nSPS) is 30.7. The number of hydrogen-bond donors (Lipinski definition) is 2. The molecule has 2 aromatic rings. The third kappa shape index (κ3) is 2.93. The van der Waals surface area contributed by atoms with E-state index >= 15 is 0 Å². The van der Waals surface area contributed by atoms with E-state index in [4.69, 9.17) is 12.2 Å². The summed E-state index contributed by atoms with van der Waals surface area (Å²) in [6.07, 6.45) is 8.28. The quantitative estimate of drug-likeness (QED) is 0.761. The van der Waals surface area contributed by atoms with Crippen LogP contribution in [0.4, 0.5) is 0 Å². The molecule has 1 aromatic heterocycles. The lowest BCUT2D eigenvalue weighted by Crippen LogP contribution is -2.59. The largest absolute Gasteiger partial charge is 0.347 e. The number of nitrogens with zero attached hydrogens (tertiary/aromatic N) is 1. The topological polar surface area (TPSA) is 66.9 Å². The highest BCUT2D eigenvalue weighted by Crippen LogP contribution is 2.55. The second kappa shape index (κ2) is 6.55. The SMILES string of the molecule is CCCn1c(=S)[nH]c2cc(C(=O)NC34CC5CC(CC(C5)C3)C4)ccc2c1=O. The van der Waals surface area contributed by atoms with Crippen molar-refractivity contribution in [2.75, 3.05) is 0 Å². The van der Waals surface area contributed by atoms with Gasteiger partial charge in [-0.2, -0.15) is 0 Å². The first-order chi connectivity index (χ1) is 13.5. The number of aromatic amines is 1. The minimum Gasteiger partial charge on any atom is -0.347 e. The van der Waals surface area contributed by atoms with Crippen molar-refractivity contribution in [3.63, 3.8) is 0 Å². The number of carbonyl (C=O) groups is 1. The van der Waals surface area contributed by atoms with Crippen LogP contribution >= 0.6 is 12.2 Å². The summed E-state index contributed by atoms with van der Waals surface area (Å²) in [5.74, 6) is 2.34. The summed E-state index contributed by atoms with van der Waals surface area (Å²) in [4.78, 5) is 28.9. The van der Waals surface area contributed by atoms with E-state index in [0.29, 0.717) is 27.8 Å². The summed E-state index contributed by atoms with van der Waals surface area (Å²) in [5.41, 5.74) is 1.13. The first kappa shape index (κ1) is 18.1. The third-order valence-electron chi connectivity index (χ3n) is 7.11. The molecule has 4 saturated carbocycles. The van der Waals surface area contributed by atoms with Gasteiger partial charge in [0.15, 0.2) is 4.77 Å². The summed E-state index contributed by atoms with van der Waals surface area (Å²) in [5, 5.41) is 3.98. The van der Waals surface area contributed by atoms with Gasteiger partial charge in [-0.15, -0.1) is 0 Å². The smallest absolute Gasteiger partial charge is 0.262 e. The number of carbonyl (C=O) groups excluding carboxylic acids is 1. The molecule has 0 aliphatic heterocycles. The van der Waals surface area contributed by atoms with Crippen molar-refractivity contribution >= 4 is 29.0 Å². The Morgan fingerprint density at radius 2 is 1.86 bits per heavy atom. The van der Waals surface area contributed by atoms with Gasteiger partial charge in [0.25, 0.3) is 11.5 Å². The minimum atomic E-state index is -0.0892. The summed E-state index contributed by atoms with van der Waals surface area (Å²) in [7, 11) is 0. The molecule has 1 heterocycles. The maximum atomic E-state index is 13.1. The minimum absolute atomic E-state index is 0.0157. The van der Waals surface area contributed by atoms with E-state index in [2.05, 4.69) is 10.3 Å². The van der Waals surface area contributed by atoms with Crippen molar-refractivity contribution in [3.8, 4) is 0 Å². The van der Waals surface area contributed by atoms with E-state index < -0.39 is 0 Å². The third-order valence-corrected chi connectivity index (χ3v) is 7.43. The van der Waals surface area contributed by atoms with Gasteiger partial charge in [0.05, 0.1) is 10.9 Å². The van der Waals surface area contributed by atoms with Crippen molar-refractivity contribution in [1.82, 2.24) is 14.9 Å². The summed E-state index contributed by atoms with van der Waals surface area (Å²) in [6.45, 7) is 2.61. The second-order valence-corrected chi connectivity index (χ2v) is 9.69. The molecule has 1 aromatic carbocycles. The van der Waals surface area contributed by atoms with E-state index in [-0.39, 0.29) is 17.0 Å². The van der Waals surface area contributed by atoms with Crippen LogP contribution in [0.2, 0.25) is 0 Å². The fourth-order valence-corrected chi connectivity index (χ4v) is 6.68. The fourth-order valence-electron chi connectivity index (χ4n) is 6.40. The van der Waals surface area contributed by atoms with Crippen LogP contribution in [0.15, 0.2) is 23.0 Å². The van der Waals surface area contributed by atoms with E-state index in [1.54, 1.807) is 22.8 Å². The maximum Gasteiger partial charge on any atom is 0.262 e. The van der Waals surface area contributed by atoms with Gasteiger partial charge >= 0.3 is 0 Å². The van der Waals surface area contributed by atoms with E-state index in [9.17, 15) is 9.59 Å². The molecule has 1 amide bonds. The number of rotatable bonds is 4. The molecule has 4 fully saturated rings. The van der Waals surface area contributed by atoms with Crippen molar-refractivity contribution in [1.29, 1.82) is 0 Å². The molecule has 2 N–H and O–H groups in total. The Morgan fingerprint density at radius 3 is 2.46 bits per heavy atom. The summed E-state index contributed by atoms with van der Waals surface area (Å²) < 4.78 is 2.00. The van der Waals surface area contributed by atoms with Crippen LogP contribution in [0.1, 0.15) is 62.2 Å². The standard InChI is InChI=1S/C22H27N3O2S/c1-2-5-25-20(27)17-4-3-16(9-18(17)23-21(25)28)19(26)24-22-10-13-6-14(11-22)8-15(7-13)12-22/h3-4,9,13-15H,2,5-8,10-12H2,1H3,(H,23,28)(H,24,26). The lowest BCUT2D eigenvalue weighted by Gasteiger charge is -2.56. The van der Waals surface area contributed by atoms with Crippen LogP contribution in [0.3, 0.4) is 0 Å². The monoisotopic (exact) mass is 397 g/mol. The highest BCUT2D eigenvalue weighted by molar-refractivity contribution is 7.71. The molecule has 0 saturated heterocycles. The van der Waals surface area contributed by atoms with E-state index in [1.165, 1.54) is 19.3 Å². The molecular formula is C22H27N3O2S. The average Bonchev–Trinajstić information content (AvgIpc) is 2.63. The van der Waals surface area contributed by atoms with Gasteiger partial charge in [-0.25, -0.2) is 0 Å². The number of hydrogen-bond acceptors (Lipinski definition) is 3. The Bertz CT molecular complexity index is 1030. The highest BCUT2D eigenvalue weighted by Gasteiger charge is 2.51. The zero-order valence-corrected chi connectivity index (χ0v) is 17.1. The molecule has 4 bridgehead atoms. The van der Waals surface area contributed by atoms with Crippen LogP contribution < -0.4 is 10.9 Å². The molecule has 5 nitrogen and oxygen atoms in total. The Balaban J connectivity index is 1.45. The molecule has 6 heteroatoms. The van der Waals surface area contributed by atoms with Crippen LogP contribution in [-0.2, 0) is 6.54 Å². The molecule has 6 rings (SSSR count). The van der Waals surface area contributed by atoms with Gasteiger partial charge in [0.2, 0.25) is 0 Å². The zero-order chi connectivity index (χ0) is 19.5. The van der Waals surface area contributed by atoms with Gasteiger partial charge in [-0.1, -0.05) is 6.92 Å². The number of H-pyrrole nitrogens is 1. The lowest BCUT2D eigenvalue weighted by atomic mass is 9.53. The Hall–Kier alpha value is -1.95. The first-order valence-corrected chi connectivity index (χ1v) is 11.0. The average molecular weight is 398 g/mol. The molecular weight excluding hydrogens is 370 g/mol. The number of nitrogens with one attached hydrogen (secondary N) is 2. The Morgan fingerprint density at radius 1 is 1.21 bits per heavy atom. The molecule has 4 aliphatic rings. The van der Waals surface area contributed by atoms with Gasteiger partial charge in [0, 0.05) is 17.6 Å². The van der Waals surface area contributed by atoms with E-state index in [1.807, 2.05) is 6.92 Å². The number of fused-ring (bicyclic) bond motifs is 1. The van der Waals surface area contributed by atoms with Crippen LogP contribution in [0.5, 0.6) is 0 Å². The van der Waals surface area contributed by atoms with Crippen molar-refractivity contribution in [2.24, 2.45) is 17.8 Å². The highest BCUT2D eigenvalue weighted by atomic mass is 32.1. The van der Waals surface area contributed by atoms with Crippen molar-refractivity contribution in [2.45, 2.75) is 64.0 Å². The van der Waals surface area contributed by atoms with Crippen LogP contribution in [-0.4, -0.2) is 21.0 Å². The number of benzene rings is 1. The summed E-state index contributed by atoms with van der Waals surface area (Å²) in [6, 6.07) is 5.30. The van der Waals surface area contributed by atoms with Gasteiger partial charge in [-0.3, -0.25) is 14.2 Å². The predicted octanol–water partition coefficient (Wildman–Crippen LogP) is 4.17. The lowest BCUT2D eigenvalue weighted by molar-refractivity contribution is -0.0167. The molecule has 0 atom stereocenters. The molecule has 148 valence electrons. The van der Waals surface area contributed by atoms with Crippen LogP contribution in [0.25, 0.3) is 10.9 Å². The fraction of sp³-hybridized carbons (Fsp3) is 0.591. The van der Waals surface area contributed by atoms with Gasteiger partial charge < -0.3 is 10.3 Å². The number of amides is 1. The molecule has 0 unspecified atom stereocenters. The van der Waals surface area contributed by atoms with Crippen LogP contribution in [0, 0.1) is 22.5 Å². The summed E-state index contributed by atoms with van der Waals surface area (Å²) >= 11 is 5.35. The first-order valence-electron chi connectivity index (χ1n) is 10.6. The zero-order valence-electron chi connectivity index (χ0n) is 16.3. The Kier molecular flexibility index (Phi) is 4.23. The number of aromatic nitrogens is 2. The molecule has 28 heavy (non-hydrogen) atoms. The van der Waals surface area contributed by atoms with Crippen molar-refractivity contribution < 1.29 is 4.79 Å². The van der Waals surface area contributed by atoms with E-state index in [0.717, 1.165) is 43.4 Å². The molecule has 0 radical (unpaired) electrons. The van der Waals surface area contributed by atoms with Gasteiger partial charge in [-0.05, 0) is 93.1 Å².